The predicted molar refractivity (Wildman–Crippen MR) is 176 cm³/mol. The first-order valence-electron chi connectivity index (χ1n) is 14.2. The number of aromatic nitrogens is 2. The lowest BCUT2D eigenvalue weighted by Gasteiger charge is -2.16. The van der Waals surface area contributed by atoms with Crippen LogP contribution in [0.4, 0.5) is 5.69 Å². The molecule has 0 radical (unpaired) electrons. The molecule has 0 spiro atoms. The number of hydrogen-bond acceptors (Lipinski definition) is 2. The number of para-hydroxylation sites is 2. The van der Waals surface area contributed by atoms with Crippen LogP contribution in [0, 0.1) is 29.2 Å². The highest BCUT2D eigenvalue weighted by Crippen LogP contribution is 2.39. The van der Waals surface area contributed by atoms with Gasteiger partial charge in [-0.05, 0) is 77.7 Å². The van der Waals surface area contributed by atoms with E-state index in [1.54, 1.807) is 0 Å². The van der Waals surface area contributed by atoms with Gasteiger partial charge in [-0.2, -0.15) is 10.5 Å². The van der Waals surface area contributed by atoms with Gasteiger partial charge in [0.25, 0.3) is 0 Å². The smallest absolute Gasteiger partial charge is 0.188 e. The molecule has 0 N–H and O–H groups in total. The maximum atomic E-state index is 10.3. The second-order valence-electron chi connectivity index (χ2n) is 10.7. The molecule has 0 aliphatic carbocycles. The average molecular weight is 560 g/mol. The Kier molecular flexibility index (Phi) is 5.56. The largest absolute Gasteiger partial charge is 0.309 e. The Hall–Kier alpha value is -6.61. The maximum absolute atomic E-state index is 10.3. The van der Waals surface area contributed by atoms with Gasteiger partial charge in [-0.25, -0.2) is 4.85 Å². The maximum Gasteiger partial charge on any atom is 0.188 e. The first kappa shape index (κ1) is 25.1. The molecule has 0 saturated heterocycles. The molecule has 2 aromatic heterocycles. The van der Waals surface area contributed by atoms with Crippen LogP contribution in [0.2, 0.25) is 0 Å². The zero-order valence-electron chi connectivity index (χ0n) is 23.4. The second kappa shape index (κ2) is 9.74. The lowest BCUT2D eigenvalue weighted by atomic mass is 9.97. The average Bonchev–Trinajstić information content (AvgIpc) is 3.60. The standard InChI is InChI=1S/C39H21N5/c1-42-28-16-20-37-33(22-28)31-9-3-5-11-35(31)44(37)38-12-6-7-27(24-41)39(38)26-14-17-29(18-15-26)43-34-10-4-2-8-30(34)32-21-25(23-40)13-19-36(32)43/h2-22H. The minimum atomic E-state index is 0.583. The molecule has 0 unspecified atom stereocenters. The van der Waals surface area contributed by atoms with E-state index in [4.69, 9.17) is 6.57 Å². The highest BCUT2D eigenvalue weighted by Gasteiger charge is 2.19. The fourth-order valence-electron chi connectivity index (χ4n) is 6.51. The summed E-state index contributed by atoms with van der Waals surface area (Å²) in [5, 5.41) is 24.0. The number of benzene rings is 6. The number of rotatable bonds is 3. The first-order valence-corrected chi connectivity index (χ1v) is 14.2. The highest BCUT2D eigenvalue weighted by atomic mass is 15.0. The van der Waals surface area contributed by atoms with Gasteiger partial charge < -0.3 is 9.13 Å². The summed E-state index contributed by atoms with van der Waals surface area (Å²) in [5.74, 6) is 0. The van der Waals surface area contributed by atoms with Crippen molar-refractivity contribution in [3.63, 3.8) is 0 Å². The van der Waals surface area contributed by atoms with Gasteiger partial charge in [0.1, 0.15) is 0 Å². The topological polar surface area (TPSA) is 61.8 Å². The molecule has 8 aromatic rings. The SMILES string of the molecule is [C-]#[N+]c1ccc2c(c1)c1ccccc1n2-c1cccc(C#N)c1-c1ccc(-n2c3ccccc3c3cc(C#N)ccc32)cc1. The predicted octanol–water partition coefficient (Wildman–Crippen LogP) is 9.84. The summed E-state index contributed by atoms with van der Waals surface area (Å²) in [6.07, 6.45) is 0. The summed E-state index contributed by atoms with van der Waals surface area (Å²) < 4.78 is 4.41. The van der Waals surface area contributed by atoms with E-state index in [0.29, 0.717) is 16.8 Å². The molecule has 0 aliphatic rings. The first-order chi connectivity index (χ1) is 21.7. The van der Waals surface area contributed by atoms with E-state index < -0.39 is 0 Å². The molecule has 5 heteroatoms. The summed E-state index contributed by atoms with van der Waals surface area (Å²) in [4.78, 5) is 3.66. The lowest BCUT2D eigenvalue weighted by molar-refractivity contribution is 1.17. The Labute approximate surface area is 253 Å². The van der Waals surface area contributed by atoms with Gasteiger partial charge in [0, 0.05) is 27.4 Å². The van der Waals surface area contributed by atoms with Crippen molar-refractivity contribution in [1.82, 2.24) is 9.13 Å². The van der Waals surface area contributed by atoms with Crippen molar-refractivity contribution < 1.29 is 0 Å². The highest BCUT2D eigenvalue weighted by molar-refractivity contribution is 6.11. The minimum Gasteiger partial charge on any atom is -0.309 e. The molecule has 44 heavy (non-hydrogen) atoms. The third-order valence-electron chi connectivity index (χ3n) is 8.40. The number of hydrogen-bond donors (Lipinski definition) is 0. The molecule has 8 rings (SSSR count). The van der Waals surface area contributed by atoms with Crippen LogP contribution >= 0.6 is 0 Å². The number of nitriles is 2. The van der Waals surface area contributed by atoms with Crippen LogP contribution in [0.3, 0.4) is 0 Å². The Bertz CT molecular complexity index is 2580. The van der Waals surface area contributed by atoms with Crippen LogP contribution < -0.4 is 0 Å². The van der Waals surface area contributed by atoms with Crippen molar-refractivity contribution >= 4 is 49.3 Å². The third-order valence-corrected chi connectivity index (χ3v) is 8.40. The third kappa shape index (κ3) is 3.63. The molecular formula is C39H21N5. The summed E-state index contributed by atoms with van der Waals surface area (Å²) in [5.41, 5.74) is 9.56. The van der Waals surface area contributed by atoms with Gasteiger partial charge in [-0.15, -0.1) is 0 Å². The summed E-state index contributed by atoms with van der Waals surface area (Å²) in [6, 6.07) is 46.9. The van der Waals surface area contributed by atoms with Crippen LogP contribution in [0.1, 0.15) is 11.1 Å². The minimum absolute atomic E-state index is 0.583. The van der Waals surface area contributed by atoms with Crippen molar-refractivity contribution in [2.75, 3.05) is 0 Å². The Morgan fingerprint density at radius 3 is 1.89 bits per heavy atom. The summed E-state index contributed by atoms with van der Waals surface area (Å²) in [6.45, 7) is 7.54. The van der Waals surface area contributed by atoms with E-state index >= 15 is 0 Å². The summed E-state index contributed by atoms with van der Waals surface area (Å²) >= 11 is 0. The van der Waals surface area contributed by atoms with Crippen LogP contribution in [0.5, 0.6) is 0 Å². The Morgan fingerprint density at radius 1 is 0.545 bits per heavy atom. The van der Waals surface area contributed by atoms with E-state index in [2.05, 4.69) is 80.7 Å². The van der Waals surface area contributed by atoms with Crippen molar-refractivity contribution in [1.29, 1.82) is 10.5 Å². The number of nitrogens with zero attached hydrogens (tertiary/aromatic N) is 5. The molecular weight excluding hydrogens is 538 g/mol. The van der Waals surface area contributed by atoms with Gasteiger partial charge in [0.2, 0.25) is 0 Å². The molecule has 0 fully saturated rings. The Balaban J connectivity index is 1.35. The van der Waals surface area contributed by atoms with Crippen LogP contribution in [0.25, 0.3) is 71.0 Å². The van der Waals surface area contributed by atoms with Crippen molar-refractivity contribution in [3.05, 3.63) is 150 Å². The molecule has 2 heterocycles. The van der Waals surface area contributed by atoms with Gasteiger partial charge in [0.05, 0.1) is 57.6 Å². The molecule has 0 bridgehead atoms. The van der Waals surface area contributed by atoms with E-state index in [1.165, 1.54) is 0 Å². The molecule has 0 aliphatic heterocycles. The van der Waals surface area contributed by atoms with Crippen molar-refractivity contribution in [2.24, 2.45) is 0 Å². The van der Waals surface area contributed by atoms with Crippen LogP contribution in [-0.4, -0.2) is 9.13 Å². The summed E-state index contributed by atoms with van der Waals surface area (Å²) in [7, 11) is 0. The molecule has 0 amide bonds. The molecule has 202 valence electrons. The molecule has 6 aromatic carbocycles. The van der Waals surface area contributed by atoms with Crippen LogP contribution in [-0.2, 0) is 0 Å². The lowest BCUT2D eigenvalue weighted by Crippen LogP contribution is -2.00. The van der Waals surface area contributed by atoms with E-state index in [9.17, 15) is 10.5 Å². The van der Waals surface area contributed by atoms with Crippen molar-refractivity contribution in [3.8, 4) is 34.6 Å². The van der Waals surface area contributed by atoms with Gasteiger partial charge >= 0.3 is 0 Å². The molecule has 0 saturated carbocycles. The fourth-order valence-corrected chi connectivity index (χ4v) is 6.51. The molecule has 0 atom stereocenters. The van der Waals surface area contributed by atoms with E-state index in [1.807, 2.05) is 72.8 Å². The van der Waals surface area contributed by atoms with Gasteiger partial charge in [-0.1, -0.05) is 60.7 Å². The zero-order chi connectivity index (χ0) is 29.8. The van der Waals surface area contributed by atoms with Gasteiger partial charge in [-0.3, -0.25) is 0 Å². The quantitative estimate of drug-likeness (QED) is 0.202. The normalized spacial score (nSPS) is 11.1. The van der Waals surface area contributed by atoms with E-state index in [0.717, 1.165) is 66.1 Å². The van der Waals surface area contributed by atoms with E-state index in [-0.39, 0.29) is 0 Å². The molecule has 5 nitrogen and oxygen atoms in total. The van der Waals surface area contributed by atoms with Crippen molar-refractivity contribution in [2.45, 2.75) is 0 Å². The monoisotopic (exact) mass is 559 g/mol. The number of fused-ring (bicyclic) bond motifs is 6. The second-order valence-corrected chi connectivity index (χ2v) is 10.7. The fraction of sp³-hybridized carbons (Fsp3) is 0. The van der Waals surface area contributed by atoms with Crippen LogP contribution in [0.15, 0.2) is 127 Å². The Morgan fingerprint density at radius 2 is 1.18 bits per heavy atom. The zero-order valence-corrected chi connectivity index (χ0v) is 23.4. The van der Waals surface area contributed by atoms with Gasteiger partial charge in [0.15, 0.2) is 5.69 Å².